The van der Waals surface area contributed by atoms with Crippen LogP contribution in [0.25, 0.3) is 0 Å². The molecule has 23 nitrogen and oxygen atoms in total. The molecule has 0 spiro atoms. The van der Waals surface area contributed by atoms with E-state index in [1.807, 2.05) is 0 Å². The average Bonchev–Trinajstić information content (AvgIpc) is 0.903. The highest BCUT2D eigenvalue weighted by Gasteiger charge is 2.29. The minimum absolute atomic E-state index is 0.0238. The fourth-order valence-electron chi connectivity index (χ4n) is 12.3. The molecule has 7 amide bonds. The van der Waals surface area contributed by atoms with Crippen LogP contribution < -0.4 is 66.7 Å². The third-order valence-electron chi connectivity index (χ3n) is 18.3. The highest BCUT2D eigenvalue weighted by Crippen LogP contribution is 2.18. The summed E-state index contributed by atoms with van der Waals surface area (Å²) in [6, 6.07) is -3.60. The van der Waals surface area contributed by atoms with E-state index >= 15 is 0 Å². The quantitative estimate of drug-likeness (QED) is 0.0117. The maximum Gasteiger partial charge on any atom is 0.246 e. The molecule has 0 unspecified atom stereocenters. The number of hydrogen-bond acceptors (Lipinski definition) is 10. The standard InChI is InChI=1S/C76H148N16O7/c1-3-5-7-9-11-13-15-17-19-21-23-25-27-29-31-33-35-37-39-41-43-53-67(93)84-60-48-62-92(63-49-61-85-68(94)54-44-42-40-38-36-34-32-30-28-26-24-22-20-18-16-14-12-10-8-6-4-2)70(96)56-55-69(95)89-65(51-46-58-87-75(80)81)72(98)91-66(52-47-59-88-76(82)83)73(99)90-64(71(77)97)50-45-57-86-74(78)79/h55-56,64-66H,3-54,57-63H2,1-2H3,(H2,77,97)(H,84,93)(H,85,94)(H,89,95)(H,90,99)(H,91,98)(H4,78,79,86)(H4,80,81,87)(H4,82,83,88)/b56-55-/t64-,65-,66-/m0/s1. The molecule has 0 aromatic carbocycles. The van der Waals surface area contributed by atoms with Gasteiger partial charge in [0.2, 0.25) is 41.4 Å². The molecule has 19 N–H and O–H groups in total. The van der Waals surface area contributed by atoms with Gasteiger partial charge in [0.15, 0.2) is 17.9 Å². The Morgan fingerprint density at radius 2 is 0.586 bits per heavy atom. The monoisotopic (exact) mass is 1400 g/mol. The minimum Gasteiger partial charge on any atom is -0.370 e. The summed E-state index contributed by atoms with van der Waals surface area (Å²) in [6.45, 7) is 6.22. The first-order valence-electron chi connectivity index (χ1n) is 39.9. The topological polar surface area (TPSA) is 402 Å². The number of nitrogens with zero attached hydrogens (tertiary/aromatic N) is 4. The van der Waals surface area contributed by atoms with Crippen molar-refractivity contribution in [2.45, 2.75) is 366 Å². The van der Waals surface area contributed by atoms with Crippen LogP contribution in [-0.2, 0) is 33.6 Å². The van der Waals surface area contributed by atoms with Crippen LogP contribution in [0.1, 0.15) is 348 Å². The summed E-state index contributed by atoms with van der Waals surface area (Å²) < 4.78 is 0. The Bertz CT molecular complexity index is 2090. The molecule has 0 rings (SSSR count). The van der Waals surface area contributed by atoms with Crippen molar-refractivity contribution in [3.05, 3.63) is 12.2 Å². The molecule has 574 valence electrons. The van der Waals surface area contributed by atoms with Crippen LogP contribution in [0.2, 0.25) is 0 Å². The fourth-order valence-corrected chi connectivity index (χ4v) is 12.3. The highest BCUT2D eigenvalue weighted by molar-refractivity contribution is 5.99. The number of amides is 7. The summed E-state index contributed by atoms with van der Waals surface area (Å²) in [4.78, 5) is 107. The van der Waals surface area contributed by atoms with Crippen molar-refractivity contribution in [2.24, 2.45) is 55.1 Å². The number of guanidine groups is 3. The largest absolute Gasteiger partial charge is 0.370 e. The Balaban J connectivity index is 5.46. The van der Waals surface area contributed by atoms with E-state index in [0.717, 1.165) is 50.7 Å². The van der Waals surface area contributed by atoms with Gasteiger partial charge in [0.05, 0.1) is 0 Å². The van der Waals surface area contributed by atoms with Gasteiger partial charge < -0.3 is 71.6 Å². The molecule has 23 heteroatoms. The summed E-state index contributed by atoms with van der Waals surface area (Å²) in [5, 5.41) is 14.0. The van der Waals surface area contributed by atoms with E-state index in [9.17, 15) is 33.6 Å². The van der Waals surface area contributed by atoms with Crippen molar-refractivity contribution in [3.8, 4) is 0 Å². The van der Waals surface area contributed by atoms with Gasteiger partial charge in [-0.05, 0) is 64.2 Å². The molecule has 0 aliphatic carbocycles. The zero-order valence-electron chi connectivity index (χ0n) is 62.8. The molecular formula is C76H148N16O7. The van der Waals surface area contributed by atoms with Gasteiger partial charge in [-0.2, -0.15) is 0 Å². The second-order valence-corrected chi connectivity index (χ2v) is 27.6. The van der Waals surface area contributed by atoms with E-state index in [0.29, 0.717) is 45.2 Å². The zero-order valence-corrected chi connectivity index (χ0v) is 62.8. The number of carbonyl (C=O) groups is 7. The van der Waals surface area contributed by atoms with E-state index in [2.05, 4.69) is 55.4 Å². The lowest BCUT2D eigenvalue weighted by Crippen LogP contribution is -2.56. The lowest BCUT2D eigenvalue weighted by molar-refractivity contribution is -0.133. The second kappa shape index (κ2) is 68.9. The van der Waals surface area contributed by atoms with Gasteiger partial charge >= 0.3 is 0 Å². The van der Waals surface area contributed by atoms with Crippen LogP contribution in [0, 0.1) is 0 Å². The van der Waals surface area contributed by atoms with Crippen molar-refractivity contribution in [1.29, 1.82) is 0 Å². The first-order valence-corrected chi connectivity index (χ1v) is 39.9. The van der Waals surface area contributed by atoms with E-state index in [1.165, 1.54) is 231 Å². The molecule has 0 aromatic rings. The van der Waals surface area contributed by atoms with Crippen LogP contribution in [0.15, 0.2) is 27.1 Å². The van der Waals surface area contributed by atoms with Crippen LogP contribution in [-0.4, -0.2) is 128 Å². The van der Waals surface area contributed by atoms with Gasteiger partial charge in [0, 0.05) is 70.8 Å². The molecule has 0 aromatic heterocycles. The van der Waals surface area contributed by atoms with Crippen molar-refractivity contribution in [2.75, 3.05) is 45.8 Å². The third kappa shape index (κ3) is 63.7. The molecule has 0 aliphatic heterocycles. The number of aliphatic imine (C=N–C) groups is 3. The zero-order chi connectivity index (χ0) is 72.9. The molecule has 0 radical (unpaired) electrons. The first kappa shape index (κ1) is 92.8. The molecule has 0 bridgehead atoms. The lowest BCUT2D eigenvalue weighted by atomic mass is 10.0. The van der Waals surface area contributed by atoms with E-state index in [1.54, 1.807) is 4.90 Å². The van der Waals surface area contributed by atoms with Crippen LogP contribution in [0.5, 0.6) is 0 Å². The number of primary amides is 1. The van der Waals surface area contributed by atoms with E-state index in [-0.39, 0.29) is 94.5 Å². The molecule has 0 fully saturated rings. The molecule has 3 atom stereocenters. The van der Waals surface area contributed by atoms with Crippen molar-refractivity contribution in [3.63, 3.8) is 0 Å². The predicted octanol–water partition coefficient (Wildman–Crippen LogP) is 11.7. The van der Waals surface area contributed by atoms with Gasteiger partial charge in [0.1, 0.15) is 18.1 Å². The number of hydrogen-bond donors (Lipinski definition) is 12. The van der Waals surface area contributed by atoms with Crippen molar-refractivity contribution >= 4 is 59.2 Å². The summed E-state index contributed by atoms with van der Waals surface area (Å²) in [5.41, 5.74) is 38.6. The smallest absolute Gasteiger partial charge is 0.246 e. The normalized spacial score (nSPS) is 12.1. The molecule has 0 aliphatic rings. The summed E-state index contributed by atoms with van der Waals surface area (Å²) in [5.74, 6) is -4.05. The first-order chi connectivity index (χ1) is 48.0. The van der Waals surface area contributed by atoms with Crippen molar-refractivity contribution < 1.29 is 33.6 Å². The van der Waals surface area contributed by atoms with Crippen molar-refractivity contribution in [1.82, 2.24) is 31.5 Å². The van der Waals surface area contributed by atoms with E-state index < -0.39 is 47.7 Å². The molecule has 0 saturated heterocycles. The number of unbranched alkanes of at least 4 members (excludes halogenated alkanes) is 40. The SMILES string of the molecule is CCCCCCCCCCCCCCCCCCCCCCCC(=O)NCCCN(CCCNC(=O)CCCCCCCCCCCCCCCCCCCCCCC)C(=O)/C=C\C(=O)N[C@@H](CCCN=C(N)N)C(=O)N[C@@H](CCCN=C(N)N)C(=O)N[C@@H](CCCN=C(N)N)C(N)=O. The Kier molecular flexibility index (Phi) is 64.7. The molecular weight excluding hydrogens is 1250 g/mol. The van der Waals surface area contributed by atoms with Gasteiger partial charge in [-0.15, -0.1) is 0 Å². The Hall–Kier alpha value is -6.16. The Labute approximate surface area is 600 Å². The number of nitrogens with two attached hydrogens (primary N) is 7. The second-order valence-electron chi connectivity index (χ2n) is 27.6. The van der Waals surface area contributed by atoms with E-state index in [4.69, 9.17) is 40.1 Å². The van der Waals surface area contributed by atoms with Crippen LogP contribution >= 0.6 is 0 Å². The Morgan fingerprint density at radius 1 is 0.323 bits per heavy atom. The lowest BCUT2D eigenvalue weighted by Gasteiger charge is -2.24. The molecule has 0 saturated carbocycles. The maximum atomic E-state index is 14.1. The minimum atomic E-state index is -1.24. The van der Waals surface area contributed by atoms with Gasteiger partial charge in [-0.25, -0.2) is 0 Å². The average molecular weight is 1400 g/mol. The van der Waals surface area contributed by atoms with Gasteiger partial charge in [0.25, 0.3) is 0 Å². The Morgan fingerprint density at radius 3 is 0.869 bits per heavy atom. The molecule has 99 heavy (non-hydrogen) atoms. The van der Waals surface area contributed by atoms with Gasteiger partial charge in [-0.3, -0.25) is 48.5 Å². The summed E-state index contributed by atoms with van der Waals surface area (Å²) in [7, 11) is 0. The fraction of sp³-hybridized carbons (Fsp3) is 0.842. The predicted molar refractivity (Wildman–Crippen MR) is 410 cm³/mol. The van der Waals surface area contributed by atoms with Gasteiger partial charge in [-0.1, -0.05) is 271 Å². The van der Waals surface area contributed by atoms with Crippen LogP contribution in [0.4, 0.5) is 0 Å². The number of carbonyl (C=O) groups excluding carboxylic acids is 7. The third-order valence-corrected chi connectivity index (χ3v) is 18.3. The summed E-state index contributed by atoms with van der Waals surface area (Å²) >= 11 is 0. The molecule has 0 heterocycles. The number of rotatable bonds is 72. The number of nitrogens with one attached hydrogen (secondary N) is 5. The van der Waals surface area contributed by atoms with Crippen LogP contribution in [0.3, 0.4) is 0 Å². The summed E-state index contributed by atoms with van der Waals surface area (Å²) in [6.07, 6.45) is 59.5. The maximum absolute atomic E-state index is 14.1. The highest BCUT2D eigenvalue weighted by atomic mass is 16.2.